The number of hydrogen-bond donors (Lipinski definition) is 2. The van der Waals surface area contributed by atoms with Crippen LogP contribution in [-0.4, -0.2) is 18.5 Å². The van der Waals surface area contributed by atoms with E-state index in [1.807, 2.05) is 0 Å². The Balaban J connectivity index is 1.82. The van der Waals surface area contributed by atoms with Crippen molar-refractivity contribution in [2.45, 2.75) is 18.9 Å². The highest BCUT2D eigenvalue weighted by Crippen LogP contribution is 2.15. The Morgan fingerprint density at radius 3 is 2.64 bits per heavy atom. The zero-order valence-electron chi connectivity index (χ0n) is 11.6. The summed E-state index contributed by atoms with van der Waals surface area (Å²) in [6.45, 7) is 0.321. The van der Waals surface area contributed by atoms with Gasteiger partial charge in [0.25, 0.3) is 5.91 Å². The largest absolute Gasteiger partial charge is 0.352 e. The van der Waals surface area contributed by atoms with E-state index in [9.17, 15) is 18.0 Å². The van der Waals surface area contributed by atoms with Crippen LogP contribution in [0.15, 0.2) is 29.0 Å². The van der Waals surface area contributed by atoms with Crippen molar-refractivity contribution >= 4 is 17.2 Å². The van der Waals surface area contributed by atoms with Crippen LogP contribution in [0.5, 0.6) is 0 Å². The van der Waals surface area contributed by atoms with Gasteiger partial charge in [0.2, 0.25) is 0 Å². The van der Waals surface area contributed by atoms with Crippen LogP contribution in [0.4, 0.5) is 13.2 Å². The number of amides is 1. The Labute approximate surface area is 130 Å². The third-order valence-electron chi connectivity index (χ3n) is 3.16. The first-order valence-electron chi connectivity index (χ1n) is 6.66. The second-order valence-corrected chi connectivity index (χ2v) is 5.66. The van der Waals surface area contributed by atoms with Crippen molar-refractivity contribution in [3.8, 4) is 0 Å². The lowest BCUT2D eigenvalue weighted by atomic mass is 10.0. The molecule has 1 amide bonds. The van der Waals surface area contributed by atoms with Crippen molar-refractivity contribution in [1.82, 2.24) is 5.32 Å². The molecule has 22 heavy (non-hydrogen) atoms. The Kier molecular flexibility index (Phi) is 5.57. The number of benzene rings is 1. The summed E-state index contributed by atoms with van der Waals surface area (Å²) in [6, 6.07) is 2.56. The van der Waals surface area contributed by atoms with Gasteiger partial charge in [-0.2, -0.15) is 11.3 Å². The van der Waals surface area contributed by atoms with E-state index in [2.05, 4.69) is 5.32 Å². The predicted molar refractivity (Wildman–Crippen MR) is 79.3 cm³/mol. The fourth-order valence-electron chi connectivity index (χ4n) is 1.97. The van der Waals surface area contributed by atoms with E-state index in [1.54, 1.807) is 16.8 Å². The molecule has 1 atom stereocenters. The summed E-state index contributed by atoms with van der Waals surface area (Å²) in [5, 5.41) is 6.22. The molecule has 0 saturated carbocycles. The van der Waals surface area contributed by atoms with Crippen LogP contribution in [0, 0.1) is 17.5 Å². The third kappa shape index (κ3) is 4.32. The van der Waals surface area contributed by atoms with Gasteiger partial charge in [-0.3, -0.25) is 4.79 Å². The van der Waals surface area contributed by atoms with Gasteiger partial charge in [-0.15, -0.1) is 0 Å². The van der Waals surface area contributed by atoms with Crippen molar-refractivity contribution in [3.05, 3.63) is 57.5 Å². The number of rotatable bonds is 6. The normalized spacial score (nSPS) is 12.2. The molecule has 1 heterocycles. The number of hydrogen-bond acceptors (Lipinski definition) is 3. The van der Waals surface area contributed by atoms with Gasteiger partial charge in [-0.25, -0.2) is 13.2 Å². The van der Waals surface area contributed by atoms with Gasteiger partial charge in [-0.05, 0) is 35.9 Å². The smallest absolute Gasteiger partial charge is 0.252 e. The summed E-state index contributed by atoms with van der Waals surface area (Å²) in [6.07, 6.45) is 0.464. The fraction of sp³-hybridized carbons (Fsp3) is 0.267. The summed E-state index contributed by atoms with van der Waals surface area (Å²) in [4.78, 5) is 11.7. The van der Waals surface area contributed by atoms with E-state index in [4.69, 9.17) is 5.73 Å². The Bertz CT molecular complexity index is 646. The maximum Gasteiger partial charge on any atom is 0.252 e. The maximum absolute atomic E-state index is 13.5. The van der Waals surface area contributed by atoms with Gasteiger partial charge in [0.1, 0.15) is 5.82 Å². The molecule has 3 nitrogen and oxygen atoms in total. The van der Waals surface area contributed by atoms with Crippen molar-refractivity contribution in [3.63, 3.8) is 0 Å². The first-order chi connectivity index (χ1) is 10.5. The number of nitrogens with one attached hydrogen (secondary N) is 1. The van der Waals surface area contributed by atoms with Gasteiger partial charge in [0.05, 0.1) is 0 Å². The SMILES string of the molecule is N[C@@H](CCNC(=O)c1ccsc1)Cc1cc(F)c(F)cc1F. The molecule has 2 aromatic rings. The Morgan fingerprint density at radius 1 is 1.23 bits per heavy atom. The molecule has 0 fully saturated rings. The third-order valence-corrected chi connectivity index (χ3v) is 3.84. The lowest BCUT2D eigenvalue weighted by Crippen LogP contribution is -2.31. The summed E-state index contributed by atoms with van der Waals surface area (Å²) in [5.41, 5.74) is 6.43. The van der Waals surface area contributed by atoms with Crippen LogP contribution >= 0.6 is 11.3 Å². The first kappa shape index (κ1) is 16.5. The molecule has 0 aliphatic rings. The molecule has 1 aromatic carbocycles. The van der Waals surface area contributed by atoms with Gasteiger partial charge < -0.3 is 11.1 Å². The lowest BCUT2D eigenvalue weighted by Gasteiger charge is -2.13. The van der Waals surface area contributed by atoms with Crippen LogP contribution < -0.4 is 11.1 Å². The minimum absolute atomic E-state index is 0.0237. The Hall–Kier alpha value is -1.86. The second-order valence-electron chi connectivity index (χ2n) is 4.88. The lowest BCUT2D eigenvalue weighted by molar-refractivity contribution is 0.0953. The van der Waals surface area contributed by atoms with E-state index in [0.717, 1.165) is 6.07 Å². The van der Waals surface area contributed by atoms with E-state index in [-0.39, 0.29) is 17.9 Å². The highest BCUT2D eigenvalue weighted by atomic mass is 32.1. The van der Waals surface area contributed by atoms with Crippen LogP contribution in [0.1, 0.15) is 22.3 Å². The first-order valence-corrected chi connectivity index (χ1v) is 7.61. The predicted octanol–water partition coefficient (Wildman–Crippen LogP) is 2.86. The zero-order chi connectivity index (χ0) is 16.1. The number of carbonyl (C=O) groups excluding carboxylic acids is 1. The van der Waals surface area contributed by atoms with E-state index < -0.39 is 23.5 Å². The minimum Gasteiger partial charge on any atom is -0.352 e. The molecule has 1 aromatic heterocycles. The second kappa shape index (κ2) is 7.42. The van der Waals surface area contributed by atoms with Crippen LogP contribution in [0.25, 0.3) is 0 Å². The maximum atomic E-state index is 13.5. The molecule has 0 unspecified atom stereocenters. The van der Waals surface area contributed by atoms with E-state index in [0.29, 0.717) is 24.6 Å². The number of halogens is 3. The van der Waals surface area contributed by atoms with Crippen molar-refractivity contribution in [2.24, 2.45) is 5.73 Å². The number of nitrogens with two attached hydrogens (primary N) is 1. The highest BCUT2D eigenvalue weighted by Gasteiger charge is 2.13. The molecule has 118 valence electrons. The summed E-state index contributed by atoms with van der Waals surface area (Å²) < 4.78 is 39.4. The Morgan fingerprint density at radius 2 is 1.95 bits per heavy atom. The fourth-order valence-corrected chi connectivity index (χ4v) is 2.61. The molecule has 0 spiro atoms. The van der Waals surface area contributed by atoms with Gasteiger partial charge >= 0.3 is 0 Å². The average molecular weight is 328 g/mol. The highest BCUT2D eigenvalue weighted by molar-refractivity contribution is 7.08. The number of thiophene rings is 1. The molecule has 3 N–H and O–H groups in total. The van der Waals surface area contributed by atoms with Crippen molar-refractivity contribution in [1.29, 1.82) is 0 Å². The topological polar surface area (TPSA) is 55.1 Å². The summed E-state index contributed by atoms with van der Waals surface area (Å²) >= 11 is 1.42. The standard InChI is InChI=1S/C15H15F3N2OS/c16-12-7-14(18)13(17)6-10(12)5-11(19)1-3-20-15(21)9-2-4-22-8-9/h2,4,6-8,11H,1,3,5,19H2,(H,20,21)/t11-/m0/s1. The molecular weight excluding hydrogens is 313 g/mol. The zero-order valence-corrected chi connectivity index (χ0v) is 12.4. The molecule has 7 heteroatoms. The van der Waals surface area contributed by atoms with Crippen LogP contribution in [0.2, 0.25) is 0 Å². The molecule has 0 aliphatic heterocycles. The summed E-state index contributed by atoms with van der Waals surface area (Å²) in [7, 11) is 0. The van der Waals surface area contributed by atoms with Gasteiger partial charge in [-0.1, -0.05) is 0 Å². The molecule has 0 aliphatic carbocycles. The van der Waals surface area contributed by atoms with Gasteiger partial charge in [0.15, 0.2) is 11.6 Å². The average Bonchev–Trinajstić information content (AvgIpc) is 2.99. The van der Waals surface area contributed by atoms with Crippen LogP contribution in [-0.2, 0) is 6.42 Å². The monoisotopic (exact) mass is 328 g/mol. The van der Waals surface area contributed by atoms with E-state index >= 15 is 0 Å². The molecule has 0 radical (unpaired) electrons. The molecular formula is C15H15F3N2OS. The number of carbonyl (C=O) groups is 1. The van der Waals surface area contributed by atoms with Crippen molar-refractivity contribution in [2.75, 3.05) is 6.54 Å². The van der Waals surface area contributed by atoms with Crippen molar-refractivity contribution < 1.29 is 18.0 Å². The molecule has 0 bridgehead atoms. The van der Waals surface area contributed by atoms with Gasteiger partial charge in [0, 0.05) is 29.6 Å². The van der Waals surface area contributed by atoms with Crippen LogP contribution in [0.3, 0.4) is 0 Å². The van der Waals surface area contributed by atoms with E-state index in [1.165, 1.54) is 11.3 Å². The minimum atomic E-state index is -1.22. The molecule has 2 rings (SSSR count). The summed E-state index contributed by atoms with van der Waals surface area (Å²) in [5.74, 6) is -3.35. The quantitative estimate of drug-likeness (QED) is 0.801. The molecule has 0 saturated heterocycles.